The Morgan fingerprint density at radius 2 is 1.71 bits per heavy atom. The molecule has 2 heterocycles. The zero-order valence-corrected chi connectivity index (χ0v) is 17.4. The van der Waals surface area contributed by atoms with Gasteiger partial charge in [-0.1, -0.05) is 12.1 Å². The lowest BCUT2D eigenvalue weighted by Gasteiger charge is -2.36. The minimum Gasteiger partial charge on any atom is -0.366 e. The first-order valence-electron chi connectivity index (χ1n) is 9.78. The molecule has 0 unspecified atom stereocenters. The minimum atomic E-state index is -0.415. The summed E-state index contributed by atoms with van der Waals surface area (Å²) in [5.41, 5.74) is 1.44. The van der Waals surface area contributed by atoms with Gasteiger partial charge in [0.05, 0.1) is 17.8 Å². The zero-order chi connectivity index (χ0) is 21.8. The molecule has 0 aliphatic carbocycles. The maximum Gasteiger partial charge on any atom is 0.257 e. The van der Waals surface area contributed by atoms with E-state index >= 15 is 0 Å². The predicted molar refractivity (Wildman–Crippen MR) is 115 cm³/mol. The monoisotopic (exact) mass is 442 g/mol. The van der Waals surface area contributed by atoms with Gasteiger partial charge >= 0.3 is 0 Å². The van der Waals surface area contributed by atoms with Crippen LogP contribution in [0.5, 0.6) is 0 Å². The van der Waals surface area contributed by atoms with E-state index in [1.807, 2.05) is 4.90 Å². The molecule has 9 heteroatoms. The van der Waals surface area contributed by atoms with Crippen LogP contribution < -0.4 is 10.2 Å². The normalized spacial score (nSPS) is 13.9. The van der Waals surface area contributed by atoms with Crippen molar-refractivity contribution in [1.29, 1.82) is 0 Å². The fraction of sp³-hybridized carbons (Fsp3) is 0.227. The summed E-state index contributed by atoms with van der Waals surface area (Å²) in [6, 6.07) is 11.8. The molecule has 1 fully saturated rings. The lowest BCUT2D eigenvalue weighted by Crippen LogP contribution is -2.49. The van der Waals surface area contributed by atoms with E-state index in [0.29, 0.717) is 48.3 Å². The molecule has 0 atom stereocenters. The van der Waals surface area contributed by atoms with E-state index in [-0.39, 0.29) is 18.1 Å². The number of piperazine rings is 1. The Morgan fingerprint density at radius 3 is 2.42 bits per heavy atom. The number of hydrogen-bond acceptors (Lipinski definition) is 5. The number of carbonyl (C=O) groups excluding carboxylic acids is 2. The molecule has 0 saturated carbocycles. The molecule has 3 aromatic rings. The van der Waals surface area contributed by atoms with Crippen molar-refractivity contribution < 1.29 is 18.4 Å². The SMILES string of the molecule is O=C(Nc1nc(CC(=O)N2CCN(c3ccccc3F)CC2)cs1)c1ccc(F)cc1. The molecule has 2 aromatic carbocycles. The van der Waals surface area contributed by atoms with Crippen LogP contribution in [0, 0.1) is 11.6 Å². The molecule has 1 saturated heterocycles. The summed E-state index contributed by atoms with van der Waals surface area (Å²) in [6.07, 6.45) is 0.128. The van der Waals surface area contributed by atoms with Gasteiger partial charge < -0.3 is 9.80 Å². The van der Waals surface area contributed by atoms with Crippen molar-refractivity contribution in [2.45, 2.75) is 6.42 Å². The second-order valence-electron chi connectivity index (χ2n) is 7.10. The van der Waals surface area contributed by atoms with Gasteiger partial charge in [0.25, 0.3) is 5.91 Å². The highest BCUT2D eigenvalue weighted by molar-refractivity contribution is 7.14. The maximum atomic E-state index is 14.0. The lowest BCUT2D eigenvalue weighted by atomic mass is 10.2. The number of nitrogens with zero attached hydrogens (tertiary/aromatic N) is 3. The van der Waals surface area contributed by atoms with Crippen LogP contribution in [-0.4, -0.2) is 47.9 Å². The van der Waals surface area contributed by atoms with Gasteiger partial charge in [-0.25, -0.2) is 13.8 Å². The Kier molecular flexibility index (Phi) is 6.22. The predicted octanol–water partition coefficient (Wildman–Crippen LogP) is 3.56. The first kappa shape index (κ1) is 20.9. The van der Waals surface area contributed by atoms with E-state index in [1.165, 1.54) is 41.7 Å². The number of thiazole rings is 1. The smallest absolute Gasteiger partial charge is 0.257 e. The molecule has 31 heavy (non-hydrogen) atoms. The molecule has 6 nitrogen and oxygen atoms in total. The molecule has 1 aliphatic rings. The molecule has 4 rings (SSSR count). The fourth-order valence-corrected chi connectivity index (χ4v) is 4.09. The molecule has 0 spiro atoms. The van der Waals surface area contributed by atoms with Crippen LogP contribution in [0.3, 0.4) is 0 Å². The van der Waals surface area contributed by atoms with Crippen molar-refractivity contribution >= 4 is 34.0 Å². The van der Waals surface area contributed by atoms with Crippen LogP contribution in [0.4, 0.5) is 19.6 Å². The number of carbonyl (C=O) groups is 2. The van der Waals surface area contributed by atoms with Crippen molar-refractivity contribution in [2.75, 3.05) is 36.4 Å². The Labute approximate surface area is 182 Å². The summed E-state index contributed by atoms with van der Waals surface area (Å²) in [5.74, 6) is -1.13. The summed E-state index contributed by atoms with van der Waals surface area (Å²) in [6.45, 7) is 2.13. The van der Waals surface area contributed by atoms with Crippen molar-refractivity contribution in [2.24, 2.45) is 0 Å². The highest BCUT2D eigenvalue weighted by Gasteiger charge is 2.23. The summed E-state index contributed by atoms with van der Waals surface area (Å²) in [4.78, 5) is 32.8. The summed E-state index contributed by atoms with van der Waals surface area (Å²) < 4.78 is 26.9. The van der Waals surface area contributed by atoms with E-state index in [9.17, 15) is 18.4 Å². The first-order chi connectivity index (χ1) is 15.0. The van der Waals surface area contributed by atoms with Gasteiger partial charge in [0.1, 0.15) is 11.6 Å². The molecular formula is C22H20F2N4O2S. The van der Waals surface area contributed by atoms with Crippen molar-refractivity contribution in [1.82, 2.24) is 9.88 Å². The lowest BCUT2D eigenvalue weighted by molar-refractivity contribution is -0.130. The number of para-hydroxylation sites is 1. The second kappa shape index (κ2) is 9.22. The van der Waals surface area contributed by atoms with Gasteiger partial charge in [0.2, 0.25) is 5.91 Å². The number of benzene rings is 2. The average molecular weight is 442 g/mol. The van der Waals surface area contributed by atoms with Gasteiger partial charge in [-0.2, -0.15) is 0 Å². The molecule has 0 radical (unpaired) electrons. The van der Waals surface area contributed by atoms with Gasteiger partial charge in [-0.05, 0) is 36.4 Å². The third-order valence-electron chi connectivity index (χ3n) is 5.04. The van der Waals surface area contributed by atoms with Crippen LogP contribution in [0.2, 0.25) is 0 Å². The molecule has 160 valence electrons. The van der Waals surface area contributed by atoms with Crippen molar-refractivity contribution in [3.8, 4) is 0 Å². The number of nitrogens with one attached hydrogen (secondary N) is 1. The summed E-state index contributed by atoms with van der Waals surface area (Å²) in [5, 5.41) is 4.77. The van der Waals surface area contributed by atoms with Crippen LogP contribution >= 0.6 is 11.3 Å². The van der Waals surface area contributed by atoms with Crippen LogP contribution in [0.1, 0.15) is 16.1 Å². The Balaban J connectivity index is 1.30. The van der Waals surface area contributed by atoms with Gasteiger partial charge in [-0.3, -0.25) is 14.9 Å². The molecule has 0 bridgehead atoms. The average Bonchev–Trinajstić information content (AvgIpc) is 3.21. The number of rotatable bonds is 5. The second-order valence-corrected chi connectivity index (χ2v) is 7.96. The minimum absolute atomic E-state index is 0.0603. The van der Waals surface area contributed by atoms with E-state index < -0.39 is 11.7 Å². The van der Waals surface area contributed by atoms with Crippen LogP contribution in [0.25, 0.3) is 0 Å². The van der Waals surface area contributed by atoms with Crippen molar-refractivity contribution in [3.05, 3.63) is 76.8 Å². The Hall–Kier alpha value is -3.33. The summed E-state index contributed by atoms with van der Waals surface area (Å²) >= 11 is 1.23. The molecule has 1 aromatic heterocycles. The van der Waals surface area contributed by atoms with Gasteiger partial charge in [0, 0.05) is 37.1 Å². The topological polar surface area (TPSA) is 65.5 Å². The van der Waals surface area contributed by atoms with Crippen LogP contribution in [0.15, 0.2) is 53.9 Å². The molecule has 2 amide bonds. The number of halogens is 2. The third-order valence-corrected chi connectivity index (χ3v) is 5.84. The van der Waals surface area contributed by atoms with Gasteiger partial charge in [-0.15, -0.1) is 11.3 Å². The molecular weight excluding hydrogens is 422 g/mol. The third kappa shape index (κ3) is 5.05. The quantitative estimate of drug-likeness (QED) is 0.656. The van der Waals surface area contributed by atoms with Gasteiger partial charge in [0.15, 0.2) is 5.13 Å². The Bertz CT molecular complexity index is 1080. The number of aromatic nitrogens is 1. The van der Waals surface area contributed by atoms with Crippen LogP contribution in [-0.2, 0) is 11.2 Å². The molecule has 1 aliphatic heterocycles. The zero-order valence-electron chi connectivity index (χ0n) is 16.6. The van der Waals surface area contributed by atoms with E-state index in [4.69, 9.17) is 0 Å². The highest BCUT2D eigenvalue weighted by Crippen LogP contribution is 2.21. The number of anilines is 2. The highest BCUT2D eigenvalue weighted by atomic mass is 32.1. The number of hydrogen-bond donors (Lipinski definition) is 1. The summed E-state index contributed by atoms with van der Waals surface area (Å²) in [7, 11) is 0. The Morgan fingerprint density at radius 1 is 1.00 bits per heavy atom. The van der Waals surface area contributed by atoms with E-state index in [2.05, 4.69) is 10.3 Å². The largest absolute Gasteiger partial charge is 0.366 e. The maximum absolute atomic E-state index is 14.0. The standard InChI is InChI=1S/C22H20F2N4O2S/c23-16-7-5-15(6-8-16)21(30)26-22-25-17(14-31-22)13-20(29)28-11-9-27(10-12-28)19-4-2-1-3-18(19)24/h1-8,14H,9-13H2,(H,25,26,30). The van der Waals surface area contributed by atoms with E-state index in [0.717, 1.165) is 0 Å². The first-order valence-corrected chi connectivity index (χ1v) is 10.7. The number of amides is 2. The van der Waals surface area contributed by atoms with E-state index in [1.54, 1.807) is 28.5 Å². The van der Waals surface area contributed by atoms with Crippen molar-refractivity contribution in [3.63, 3.8) is 0 Å². The fourth-order valence-electron chi connectivity index (χ4n) is 3.39. The molecule has 1 N–H and O–H groups in total.